The van der Waals surface area contributed by atoms with Crippen LogP contribution < -0.4 is 61.0 Å². The van der Waals surface area contributed by atoms with E-state index in [-0.39, 0.29) is 51.0 Å². The fourth-order valence-electron chi connectivity index (χ4n) is 12.0. The summed E-state index contributed by atoms with van der Waals surface area (Å²) in [6, 6.07) is 43.3. The molecule has 0 fully saturated rings. The largest absolute Gasteiger partial charge is 0.497 e. The lowest BCUT2D eigenvalue weighted by atomic mass is 10.2. The number of hydrogen-bond acceptors (Lipinski definition) is 18. The molecule has 0 aliphatic rings. The summed E-state index contributed by atoms with van der Waals surface area (Å²) in [4.78, 5) is 99.2. The van der Waals surface area contributed by atoms with Crippen molar-refractivity contribution in [2.75, 3.05) is 37.3 Å². The number of carbonyl (C=O) groups excluding carboxylic acids is 3. The highest BCUT2D eigenvalue weighted by molar-refractivity contribution is 7.08. The van der Waals surface area contributed by atoms with Crippen LogP contribution in [0.1, 0.15) is 48.2 Å². The van der Waals surface area contributed by atoms with E-state index >= 15 is 0 Å². The lowest BCUT2D eigenvalue weighted by molar-refractivity contribution is 0.101. The van der Waals surface area contributed by atoms with E-state index in [0.29, 0.717) is 101 Å². The second-order valence-electron chi connectivity index (χ2n) is 24.4. The second-order valence-corrected chi connectivity index (χ2v) is 25.1. The summed E-state index contributed by atoms with van der Waals surface area (Å²) < 4.78 is 86.8. The van der Waals surface area contributed by atoms with Gasteiger partial charge in [-0.25, -0.2) is 27.5 Å². The highest BCUT2D eigenvalue weighted by Gasteiger charge is 2.27. The number of anilines is 3. The van der Waals surface area contributed by atoms with Gasteiger partial charge in [0.2, 0.25) is 0 Å². The Morgan fingerprint density at radius 2 is 0.791 bits per heavy atom. The zero-order valence-electron chi connectivity index (χ0n) is 60.1. The van der Waals surface area contributed by atoms with Gasteiger partial charge in [0.25, 0.3) is 34.4 Å². The van der Waals surface area contributed by atoms with Crippen LogP contribution >= 0.6 is 11.3 Å². The van der Waals surface area contributed by atoms with Crippen LogP contribution in [0.4, 0.5) is 30.2 Å². The van der Waals surface area contributed by atoms with Gasteiger partial charge in [-0.1, -0.05) is 6.07 Å². The van der Waals surface area contributed by atoms with Crippen molar-refractivity contribution in [3.8, 4) is 68.9 Å². The number of amides is 3. The maximum Gasteiger partial charge on any atom is 0.285 e. The van der Waals surface area contributed by atoms with Gasteiger partial charge < -0.3 is 44.4 Å². The molecule has 110 heavy (non-hydrogen) atoms. The van der Waals surface area contributed by atoms with Crippen LogP contribution in [0, 0.1) is 38.2 Å². The van der Waals surface area contributed by atoms with Gasteiger partial charge in [0, 0.05) is 127 Å². The van der Waals surface area contributed by atoms with E-state index in [4.69, 9.17) is 28.4 Å². The van der Waals surface area contributed by atoms with Crippen molar-refractivity contribution in [2.24, 2.45) is 21.1 Å². The number of carbonyl (C=O) groups is 3. The Balaban J connectivity index is 0.000000145. The van der Waals surface area contributed by atoms with E-state index in [2.05, 4.69) is 40.9 Å². The van der Waals surface area contributed by atoms with Gasteiger partial charge in [0.1, 0.15) is 51.2 Å². The molecule has 0 aliphatic carbocycles. The van der Waals surface area contributed by atoms with Crippen molar-refractivity contribution in [1.82, 2.24) is 53.0 Å². The van der Waals surface area contributed by atoms with Crippen molar-refractivity contribution in [3.05, 3.63) is 294 Å². The first-order valence-electron chi connectivity index (χ1n) is 33.5. The van der Waals surface area contributed by atoms with E-state index in [1.165, 1.54) is 68.0 Å². The molecule has 26 nitrogen and oxygen atoms in total. The third-order valence-electron chi connectivity index (χ3n) is 17.8. The molecule has 15 aromatic rings. The van der Waals surface area contributed by atoms with Gasteiger partial charge in [-0.05, 0) is 147 Å². The predicted molar refractivity (Wildman–Crippen MR) is 409 cm³/mol. The quantitative estimate of drug-likeness (QED) is 0.0719. The second kappa shape index (κ2) is 31.7. The van der Waals surface area contributed by atoms with Crippen molar-refractivity contribution < 1.29 is 56.0 Å². The highest BCUT2D eigenvalue weighted by Crippen LogP contribution is 2.37. The van der Waals surface area contributed by atoms with Crippen LogP contribution in [-0.4, -0.2) is 92.1 Å². The molecule has 3 N–H and O–H groups in total. The van der Waals surface area contributed by atoms with Gasteiger partial charge in [-0.3, -0.25) is 62.7 Å². The van der Waals surface area contributed by atoms with Gasteiger partial charge >= 0.3 is 0 Å². The fraction of sp³-hybridized carbons (Fsp3) is 0.113. The number of nitrogens with one attached hydrogen (secondary N) is 3. The van der Waals surface area contributed by atoms with Gasteiger partial charge in [0.15, 0.2) is 40.5 Å². The maximum absolute atomic E-state index is 15.0. The highest BCUT2D eigenvalue weighted by atomic mass is 32.1. The first-order chi connectivity index (χ1) is 53.1. The number of methoxy groups -OCH3 is 3. The summed E-state index contributed by atoms with van der Waals surface area (Å²) in [5.74, 6) is -0.494. The smallest absolute Gasteiger partial charge is 0.285 e. The molecule has 15 rings (SSSR count). The molecule has 0 unspecified atom stereocenters. The van der Waals surface area contributed by atoms with Crippen LogP contribution in [-0.2, 0) is 21.1 Å². The minimum Gasteiger partial charge on any atom is -0.497 e. The van der Waals surface area contributed by atoms with E-state index in [9.17, 15) is 41.9 Å². The Hall–Kier alpha value is -14.4. The Bertz CT molecular complexity index is 5990. The molecule has 9 heterocycles. The average Bonchev–Trinajstić information content (AvgIpc) is 1.60. The molecule has 0 spiro atoms. The van der Waals surface area contributed by atoms with Crippen molar-refractivity contribution >= 4 is 78.8 Å². The number of thiophene rings is 1. The third kappa shape index (κ3) is 15.1. The molecular weight excluding hydrogens is 1440 g/mol. The number of rotatable bonds is 18. The van der Waals surface area contributed by atoms with Crippen LogP contribution in [0.5, 0.6) is 51.7 Å². The molecule has 0 aliphatic heterocycles. The third-order valence-corrected chi connectivity index (χ3v) is 18.5. The van der Waals surface area contributed by atoms with Crippen LogP contribution in [0.3, 0.4) is 0 Å². The minimum atomic E-state index is -0.688. The molecule has 30 heteroatoms. The molecule has 3 amide bonds. The number of fused-ring (bicyclic) bond motifs is 3. The molecule has 0 saturated carbocycles. The molecule has 9 aromatic heterocycles. The summed E-state index contributed by atoms with van der Waals surface area (Å²) >= 11 is 1.45. The van der Waals surface area contributed by atoms with Gasteiger partial charge in [-0.15, -0.1) is 0 Å². The number of ether oxygens (including phenoxy) is 6. The van der Waals surface area contributed by atoms with Crippen molar-refractivity contribution in [3.63, 3.8) is 0 Å². The molecular formula is C80H65F3N14O12S. The number of hydrogen-bond donors (Lipinski definition) is 3. The predicted octanol–water partition coefficient (Wildman–Crippen LogP) is 14.5. The lowest BCUT2D eigenvalue weighted by Crippen LogP contribution is -2.25. The zero-order valence-corrected chi connectivity index (χ0v) is 60.9. The molecule has 554 valence electrons. The number of nitrogens with zero attached hydrogens (tertiary/aromatic N) is 11. The van der Waals surface area contributed by atoms with E-state index < -0.39 is 51.9 Å². The zero-order chi connectivity index (χ0) is 77.6. The number of pyridine rings is 5. The van der Waals surface area contributed by atoms with E-state index in [1.807, 2.05) is 10.8 Å². The minimum absolute atomic E-state index is 0.0110. The molecule has 6 aromatic carbocycles. The normalized spacial score (nSPS) is 10.9. The lowest BCUT2D eigenvalue weighted by Gasteiger charge is -2.11. The van der Waals surface area contributed by atoms with Crippen LogP contribution in [0.2, 0.25) is 0 Å². The maximum atomic E-state index is 15.0. The van der Waals surface area contributed by atoms with Crippen molar-refractivity contribution in [1.29, 1.82) is 0 Å². The molecule has 0 atom stereocenters. The molecule has 0 radical (unpaired) electrons. The number of halogens is 3. The van der Waals surface area contributed by atoms with Crippen LogP contribution in [0.25, 0.3) is 49.9 Å². The number of benzene rings is 6. The summed E-state index contributed by atoms with van der Waals surface area (Å²) in [6.45, 7) is 5.00. The Morgan fingerprint density at radius 3 is 1.14 bits per heavy atom. The van der Waals surface area contributed by atoms with Gasteiger partial charge in [-0.2, -0.15) is 16.0 Å². The first-order valence-corrected chi connectivity index (χ1v) is 34.4. The van der Waals surface area contributed by atoms with Gasteiger partial charge in [0.05, 0.1) is 72.5 Å². The first kappa shape index (κ1) is 73.9. The standard InChI is InChI=1S/2C27H22FN5O4.C26H21FN4O4S/c1-16-25(27(35)33(32(16)2)18-5-4-11-29-15-18)26(34)31-17-6-9-24(21(28)13-17)37-23-10-12-30-22-14-19(36-3)7-8-20(22)23;1-16-25(27(35)33(32(16)2)24-6-4-5-12-30-24)26(34)31-17-7-10-23(20(28)14-17)37-22-11-13-29-21-15-18(36-3)8-9-19(21)22;1-15-24(26(33)31(30(15)2)17-9-11-36-14-17)25(32)29-16-4-7-23(20(27)12-16)35-22-8-10-28-21-13-18(34-3)5-6-19(21)22/h2*4-15H,1-3H3,(H,31,34);4-14H,1-3H3,(H,29,32). The fourth-order valence-corrected chi connectivity index (χ4v) is 12.6. The topological polar surface area (TPSA) is 288 Å². The Morgan fingerprint density at radius 1 is 0.400 bits per heavy atom. The molecule has 0 bridgehead atoms. The number of aromatic nitrogens is 11. The van der Waals surface area contributed by atoms with Crippen molar-refractivity contribution in [2.45, 2.75) is 20.8 Å². The van der Waals surface area contributed by atoms with Crippen LogP contribution in [0.15, 0.2) is 226 Å². The summed E-state index contributed by atoms with van der Waals surface area (Å²) in [5.41, 5.74) is 3.41. The van der Waals surface area contributed by atoms with E-state index in [0.717, 1.165) is 18.2 Å². The Kier molecular flexibility index (Phi) is 21.3. The Labute approximate surface area is 626 Å². The monoisotopic (exact) mass is 1500 g/mol. The summed E-state index contributed by atoms with van der Waals surface area (Å²) in [6.07, 6.45) is 9.36. The van der Waals surface area contributed by atoms with E-state index in [1.54, 1.807) is 217 Å². The molecule has 0 saturated heterocycles. The average molecular weight is 1500 g/mol. The summed E-state index contributed by atoms with van der Waals surface area (Å²) in [7, 11) is 9.72. The SMILES string of the molecule is COc1ccc2c(Oc3ccc(NC(=O)c4c(C)n(C)n(-c5ccccn5)c4=O)cc3F)ccnc2c1.COc1ccc2c(Oc3ccc(NC(=O)c4c(C)n(C)n(-c5cccnc5)c4=O)cc3F)ccnc2c1.COc1ccc2c(Oc3ccc(NC(=O)c4c(C)n(C)n(-c5ccsc5)c4=O)cc3F)ccnc2c1. The summed E-state index contributed by atoms with van der Waals surface area (Å²) in [5, 5.41) is 13.6.